The van der Waals surface area contributed by atoms with Crippen molar-refractivity contribution in [3.05, 3.63) is 79.3 Å². The molecule has 0 spiro atoms. The fourth-order valence-electron chi connectivity index (χ4n) is 1.22. The Bertz CT molecular complexity index is 474. The number of benzene rings is 1. The lowest BCUT2D eigenvalue weighted by Crippen LogP contribution is -2.33. The van der Waals surface area contributed by atoms with E-state index in [1.54, 1.807) is 0 Å². The maximum absolute atomic E-state index is 3.87. The summed E-state index contributed by atoms with van der Waals surface area (Å²) in [5, 5.41) is 0. The van der Waals surface area contributed by atoms with Crippen LogP contribution in [0.5, 0.6) is 0 Å². The molecule has 0 saturated heterocycles. The van der Waals surface area contributed by atoms with Gasteiger partial charge in [0.15, 0.2) is 0 Å². The van der Waals surface area contributed by atoms with Crippen LogP contribution in [0.15, 0.2) is 79.3 Å². The third-order valence-corrected chi connectivity index (χ3v) is 2.24. The minimum Gasteiger partial charge on any atom is -0.301 e. The zero-order valence-electron chi connectivity index (χ0n) is 11.2. The summed E-state index contributed by atoms with van der Waals surface area (Å²) in [6.07, 6.45) is 3.74. The highest BCUT2D eigenvalue weighted by atomic mass is 15.4. The summed E-state index contributed by atoms with van der Waals surface area (Å²) in [6.45, 7) is 13.5. The van der Waals surface area contributed by atoms with E-state index in [0.29, 0.717) is 11.4 Å². The lowest BCUT2D eigenvalue weighted by Gasteiger charge is -2.16. The molecule has 100 valence electrons. The zero-order valence-corrected chi connectivity index (χ0v) is 11.2. The first-order chi connectivity index (χ1) is 9.13. The van der Waals surface area contributed by atoms with Gasteiger partial charge >= 0.3 is 0 Å². The van der Waals surface area contributed by atoms with Crippen LogP contribution in [0.3, 0.4) is 0 Å². The Kier molecular flexibility index (Phi) is 5.82. The molecule has 0 aliphatic carbocycles. The highest BCUT2D eigenvalue weighted by Crippen LogP contribution is 2.04. The van der Waals surface area contributed by atoms with Crippen molar-refractivity contribution >= 4 is 5.69 Å². The van der Waals surface area contributed by atoms with Gasteiger partial charge < -0.3 is 10.9 Å². The Morgan fingerprint density at radius 1 is 0.947 bits per heavy atom. The number of para-hydroxylation sites is 1. The largest absolute Gasteiger partial charge is 0.301 e. The van der Waals surface area contributed by atoms with E-state index >= 15 is 0 Å². The van der Waals surface area contributed by atoms with Gasteiger partial charge in [-0.3, -0.25) is 10.9 Å². The van der Waals surface area contributed by atoms with Gasteiger partial charge in [0.1, 0.15) is 0 Å². The normalized spacial score (nSPS) is 9.74. The van der Waals surface area contributed by atoms with E-state index in [4.69, 9.17) is 0 Å². The quantitative estimate of drug-likeness (QED) is 0.427. The number of hydrogen-bond donors (Lipinski definition) is 4. The molecule has 4 heteroatoms. The average molecular weight is 256 g/mol. The Labute approximate surface area is 114 Å². The van der Waals surface area contributed by atoms with Gasteiger partial charge in [-0.25, -0.2) is 0 Å². The molecule has 0 aromatic heterocycles. The Balaban J connectivity index is 2.33. The van der Waals surface area contributed by atoms with Crippen LogP contribution in [0.2, 0.25) is 0 Å². The van der Waals surface area contributed by atoms with E-state index in [2.05, 4.69) is 41.4 Å². The van der Waals surface area contributed by atoms with Gasteiger partial charge in [0.2, 0.25) is 0 Å². The SMILES string of the molecule is C=C(/C=C\C)NNC(=C)C(=C)NNc1ccccc1. The number of allylic oxidation sites excluding steroid dienone is 2. The van der Waals surface area contributed by atoms with Gasteiger partial charge in [-0.1, -0.05) is 44.0 Å². The summed E-state index contributed by atoms with van der Waals surface area (Å²) in [7, 11) is 0. The number of anilines is 1. The van der Waals surface area contributed by atoms with Crippen molar-refractivity contribution in [3.8, 4) is 0 Å². The van der Waals surface area contributed by atoms with Crippen molar-refractivity contribution in [1.29, 1.82) is 0 Å². The van der Waals surface area contributed by atoms with Crippen LogP contribution < -0.4 is 21.7 Å². The topological polar surface area (TPSA) is 48.1 Å². The lowest BCUT2D eigenvalue weighted by molar-refractivity contribution is 0.702. The van der Waals surface area contributed by atoms with Crippen molar-refractivity contribution in [2.24, 2.45) is 0 Å². The molecule has 1 aromatic rings. The van der Waals surface area contributed by atoms with Crippen LogP contribution >= 0.6 is 0 Å². The first-order valence-electron chi connectivity index (χ1n) is 5.92. The molecule has 0 amide bonds. The van der Waals surface area contributed by atoms with Crippen LogP contribution in [0.25, 0.3) is 0 Å². The van der Waals surface area contributed by atoms with Crippen LogP contribution in [-0.2, 0) is 0 Å². The predicted octanol–water partition coefficient (Wildman–Crippen LogP) is 2.81. The third-order valence-electron chi connectivity index (χ3n) is 2.24. The van der Waals surface area contributed by atoms with Gasteiger partial charge in [0.25, 0.3) is 0 Å². The highest BCUT2D eigenvalue weighted by Gasteiger charge is 1.98. The molecule has 0 atom stereocenters. The Hall–Kier alpha value is -2.62. The minimum atomic E-state index is 0.620. The molecule has 0 unspecified atom stereocenters. The summed E-state index contributed by atoms with van der Waals surface area (Å²) in [6, 6.07) is 9.74. The molecule has 0 aliphatic rings. The molecule has 0 saturated carbocycles. The molecule has 0 bridgehead atoms. The Morgan fingerprint density at radius 2 is 1.58 bits per heavy atom. The van der Waals surface area contributed by atoms with Gasteiger partial charge in [0.05, 0.1) is 17.1 Å². The zero-order chi connectivity index (χ0) is 14.1. The van der Waals surface area contributed by atoms with E-state index in [-0.39, 0.29) is 0 Å². The fourth-order valence-corrected chi connectivity index (χ4v) is 1.22. The first-order valence-corrected chi connectivity index (χ1v) is 5.92. The summed E-state index contributed by atoms with van der Waals surface area (Å²) in [5.41, 5.74) is 14.7. The molecule has 0 heterocycles. The molecule has 19 heavy (non-hydrogen) atoms. The summed E-state index contributed by atoms with van der Waals surface area (Å²) in [5.74, 6) is 0. The fraction of sp³-hybridized carbons (Fsp3) is 0.0667. The summed E-state index contributed by atoms with van der Waals surface area (Å²) < 4.78 is 0. The highest BCUT2D eigenvalue weighted by molar-refractivity contribution is 5.42. The second kappa shape index (κ2) is 7.66. The Morgan fingerprint density at radius 3 is 2.21 bits per heavy atom. The van der Waals surface area contributed by atoms with E-state index in [1.165, 1.54) is 0 Å². The molecule has 0 aliphatic heterocycles. The molecule has 0 fully saturated rings. The maximum Gasteiger partial charge on any atom is 0.0711 e. The molecule has 1 rings (SSSR count). The average Bonchev–Trinajstić information content (AvgIpc) is 2.43. The maximum atomic E-state index is 3.87. The molecule has 1 aromatic carbocycles. The van der Waals surface area contributed by atoms with Crippen LogP contribution in [-0.4, -0.2) is 0 Å². The van der Waals surface area contributed by atoms with E-state index < -0.39 is 0 Å². The molecule has 0 radical (unpaired) electrons. The van der Waals surface area contributed by atoms with Gasteiger partial charge in [-0.2, -0.15) is 0 Å². The first kappa shape index (κ1) is 14.4. The van der Waals surface area contributed by atoms with Crippen molar-refractivity contribution < 1.29 is 0 Å². The number of hydrazine groups is 2. The second-order valence-corrected chi connectivity index (χ2v) is 3.85. The monoisotopic (exact) mass is 256 g/mol. The van der Waals surface area contributed by atoms with Gasteiger partial charge in [0, 0.05) is 5.70 Å². The lowest BCUT2D eigenvalue weighted by atomic mass is 10.3. The molecule has 4 nitrogen and oxygen atoms in total. The van der Waals surface area contributed by atoms with E-state index in [1.807, 2.05) is 49.4 Å². The summed E-state index contributed by atoms with van der Waals surface area (Å²) >= 11 is 0. The third kappa shape index (κ3) is 5.50. The van der Waals surface area contributed by atoms with Crippen molar-refractivity contribution in [2.45, 2.75) is 6.92 Å². The van der Waals surface area contributed by atoms with Crippen molar-refractivity contribution in [2.75, 3.05) is 5.43 Å². The van der Waals surface area contributed by atoms with E-state index in [0.717, 1.165) is 11.4 Å². The van der Waals surface area contributed by atoms with Gasteiger partial charge in [-0.15, -0.1) is 0 Å². The van der Waals surface area contributed by atoms with Crippen LogP contribution in [0, 0.1) is 0 Å². The van der Waals surface area contributed by atoms with Crippen molar-refractivity contribution in [3.63, 3.8) is 0 Å². The second-order valence-electron chi connectivity index (χ2n) is 3.85. The standard InChI is InChI=1S/C15H20N4/c1-5-9-12(2)16-17-13(3)14(4)18-19-15-10-7-6-8-11-15/h5-11,16-19H,2-4H2,1H3/b9-5-. The summed E-state index contributed by atoms with van der Waals surface area (Å²) in [4.78, 5) is 0. The van der Waals surface area contributed by atoms with Crippen LogP contribution in [0.1, 0.15) is 6.92 Å². The molecule has 4 N–H and O–H groups in total. The van der Waals surface area contributed by atoms with Crippen LogP contribution in [0.4, 0.5) is 5.69 Å². The van der Waals surface area contributed by atoms with Crippen molar-refractivity contribution in [1.82, 2.24) is 16.3 Å². The molecular formula is C15H20N4. The molecular weight excluding hydrogens is 236 g/mol. The number of nitrogens with one attached hydrogen (secondary N) is 4. The predicted molar refractivity (Wildman–Crippen MR) is 81.7 cm³/mol. The number of hydrogen-bond acceptors (Lipinski definition) is 4. The van der Waals surface area contributed by atoms with E-state index in [9.17, 15) is 0 Å². The van der Waals surface area contributed by atoms with Gasteiger partial charge in [-0.05, 0) is 25.1 Å². The minimum absolute atomic E-state index is 0.620. The number of rotatable bonds is 8. The smallest absolute Gasteiger partial charge is 0.0711 e.